The van der Waals surface area contributed by atoms with E-state index in [4.69, 9.17) is 0 Å². The number of carbonyl (C=O) groups is 2. The molecule has 1 aliphatic carbocycles. The van der Waals surface area contributed by atoms with Gasteiger partial charge in [0.1, 0.15) is 5.56 Å². The predicted octanol–water partition coefficient (Wildman–Crippen LogP) is 4.54. The van der Waals surface area contributed by atoms with Gasteiger partial charge >= 0.3 is 12.0 Å². The molecule has 1 saturated carbocycles. The third-order valence-corrected chi connectivity index (χ3v) is 6.24. The number of rotatable bonds is 5. The highest BCUT2D eigenvalue weighted by Crippen LogP contribution is 2.25. The fourth-order valence-electron chi connectivity index (χ4n) is 4.47. The van der Waals surface area contributed by atoms with Crippen LogP contribution in [0.2, 0.25) is 0 Å². The lowest BCUT2D eigenvalue weighted by Gasteiger charge is -2.31. The van der Waals surface area contributed by atoms with Crippen LogP contribution in [-0.2, 0) is 6.54 Å². The highest BCUT2D eigenvalue weighted by molar-refractivity contribution is 6.01. The minimum atomic E-state index is -1.36. The first-order chi connectivity index (χ1) is 15.5. The normalized spacial score (nSPS) is 14.6. The van der Waals surface area contributed by atoms with Gasteiger partial charge in [0.05, 0.1) is 5.52 Å². The Hall–Kier alpha value is -3.45. The molecular formula is C25H27N3O4. The molecule has 2 aromatic carbocycles. The molecule has 0 spiro atoms. The largest absolute Gasteiger partial charge is 0.477 e. The van der Waals surface area contributed by atoms with E-state index in [1.807, 2.05) is 24.3 Å². The molecule has 0 radical (unpaired) electrons. The van der Waals surface area contributed by atoms with E-state index in [1.165, 1.54) is 42.7 Å². The summed E-state index contributed by atoms with van der Waals surface area (Å²) in [5.74, 6) is -1.36. The van der Waals surface area contributed by atoms with Crippen molar-refractivity contribution >= 4 is 28.6 Å². The minimum Gasteiger partial charge on any atom is -0.477 e. The second kappa shape index (κ2) is 9.36. The van der Waals surface area contributed by atoms with Crippen molar-refractivity contribution in [2.75, 3.05) is 12.4 Å². The van der Waals surface area contributed by atoms with Crippen LogP contribution in [-0.4, -0.2) is 39.7 Å². The second-order valence-corrected chi connectivity index (χ2v) is 8.36. The van der Waals surface area contributed by atoms with Crippen molar-refractivity contribution in [3.63, 3.8) is 0 Å². The molecule has 1 aromatic heterocycles. The fourth-order valence-corrected chi connectivity index (χ4v) is 4.47. The fraction of sp³-hybridized carbons (Fsp3) is 0.320. The molecule has 1 amide bonds. The number of carbonyl (C=O) groups excluding carboxylic acids is 1. The van der Waals surface area contributed by atoms with Crippen molar-refractivity contribution in [3.05, 3.63) is 76.1 Å². The van der Waals surface area contributed by atoms with Crippen molar-refractivity contribution < 1.29 is 14.7 Å². The summed E-state index contributed by atoms with van der Waals surface area (Å²) in [4.78, 5) is 39.6. The number of aromatic nitrogens is 1. The first kappa shape index (κ1) is 21.8. The number of amides is 1. The molecule has 7 nitrogen and oxygen atoms in total. The Labute approximate surface area is 186 Å². The summed E-state index contributed by atoms with van der Waals surface area (Å²) >= 11 is 0. The first-order valence-electron chi connectivity index (χ1n) is 10.9. The first-order valence-corrected chi connectivity index (χ1v) is 10.9. The third kappa shape index (κ3) is 4.43. The van der Waals surface area contributed by atoms with E-state index >= 15 is 0 Å². The van der Waals surface area contributed by atoms with Gasteiger partial charge in [-0.25, -0.2) is 9.59 Å². The van der Waals surface area contributed by atoms with Gasteiger partial charge in [0.15, 0.2) is 0 Å². The molecule has 7 heteroatoms. The van der Waals surface area contributed by atoms with Crippen LogP contribution in [0.4, 0.5) is 10.5 Å². The van der Waals surface area contributed by atoms with Crippen LogP contribution >= 0.6 is 0 Å². The van der Waals surface area contributed by atoms with Crippen LogP contribution < -0.4 is 10.7 Å². The van der Waals surface area contributed by atoms with Gasteiger partial charge in [0, 0.05) is 29.9 Å². The van der Waals surface area contributed by atoms with E-state index in [9.17, 15) is 19.5 Å². The number of benzene rings is 2. The summed E-state index contributed by atoms with van der Waals surface area (Å²) in [5, 5.41) is 12.5. The SMILES string of the molecule is CN(Cc1ccccc1NC(=O)n1cc(C(=O)O)c(=O)c2ccccc21)C1CCCCC1. The predicted molar refractivity (Wildman–Crippen MR) is 124 cm³/mol. The summed E-state index contributed by atoms with van der Waals surface area (Å²) in [5.41, 5.74) is 0.963. The number of aromatic carboxylic acids is 1. The summed E-state index contributed by atoms with van der Waals surface area (Å²) in [6.45, 7) is 0.701. The Bertz CT molecular complexity index is 1210. The lowest BCUT2D eigenvalue weighted by Crippen LogP contribution is -2.33. The average molecular weight is 434 g/mol. The van der Waals surface area contributed by atoms with Crippen molar-refractivity contribution in [2.45, 2.75) is 44.7 Å². The van der Waals surface area contributed by atoms with Crippen molar-refractivity contribution in [1.82, 2.24) is 9.47 Å². The van der Waals surface area contributed by atoms with E-state index in [0.717, 1.165) is 11.8 Å². The molecule has 166 valence electrons. The van der Waals surface area contributed by atoms with E-state index in [-0.39, 0.29) is 5.39 Å². The molecule has 0 aliphatic heterocycles. The highest BCUT2D eigenvalue weighted by Gasteiger charge is 2.21. The Morgan fingerprint density at radius 3 is 2.50 bits per heavy atom. The van der Waals surface area contributed by atoms with E-state index in [1.54, 1.807) is 18.2 Å². The molecule has 3 aromatic rings. The van der Waals surface area contributed by atoms with Gasteiger partial charge in [-0.15, -0.1) is 0 Å². The monoisotopic (exact) mass is 433 g/mol. The quantitative estimate of drug-likeness (QED) is 0.616. The molecule has 4 rings (SSSR count). The molecule has 1 heterocycles. The Morgan fingerprint density at radius 1 is 1.06 bits per heavy atom. The number of pyridine rings is 1. The molecule has 0 bridgehead atoms. The summed E-state index contributed by atoms with van der Waals surface area (Å²) in [6, 6.07) is 14.2. The molecule has 1 aliphatic rings. The van der Waals surface area contributed by atoms with Crippen LogP contribution in [0.15, 0.2) is 59.5 Å². The standard InChI is InChI=1S/C25H27N3O4/c1-27(18-10-3-2-4-11-18)15-17-9-5-7-13-21(17)26-25(32)28-16-20(24(30)31)23(29)19-12-6-8-14-22(19)28/h5-9,12-14,16,18H,2-4,10-11,15H2,1H3,(H,26,32)(H,30,31). The topological polar surface area (TPSA) is 91.6 Å². The number of anilines is 1. The lowest BCUT2D eigenvalue weighted by atomic mass is 9.94. The van der Waals surface area contributed by atoms with Gasteiger partial charge in [0.25, 0.3) is 0 Å². The van der Waals surface area contributed by atoms with E-state index < -0.39 is 23.0 Å². The van der Waals surface area contributed by atoms with Crippen LogP contribution in [0.3, 0.4) is 0 Å². The smallest absolute Gasteiger partial charge is 0.341 e. The maximum atomic E-state index is 13.2. The molecule has 0 unspecified atom stereocenters. The zero-order chi connectivity index (χ0) is 22.7. The van der Waals surface area contributed by atoms with Crippen LogP contribution in [0.5, 0.6) is 0 Å². The van der Waals surface area contributed by atoms with Gasteiger partial charge < -0.3 is 10.4 Å². The van der Waals surface area contributed by atoms with Crippen molar-refractivity contribution in [2.24, 2.45) is 0 Å². The summed E-state index contributed by atoms with van der Waals surface area (Å²) in [7, 11) is 2.11. The number of nitrogens with zero attached hydrogens (tertiary/aromatic N) is 2. The number of carboxylic acids is 1. The number of nitrogens with one attached hydrogen (secondary N) is 1. The van der Waals surface area contributed by atoms with E-state index in [2.05, 4.69) is 17.3 Å². The Morgan fingerprint density at radius 2 is 1.75 bits per heavy atom. The average Bonchev–Trinajstić information content (AvgIpc) is 2.81. The van der Waals surface area contributed by atoms with Crippen LogP contribution in [0, 0.1) is 0 Å². The third-order valence-electron chi connectivity index (χ3n) is 6.24. The number of hydrogen-bond acceptors (Lipinski definition) is 4. The molecule has 2 N–H and O–H groups in total. The van der Waals surface area contributed by atoms with Crippen LogP contribution in [0.25, 0.3) is 10.9 Å². The van der Waals surface area contributed by atoms with Gasteiger partial charge in [-0.2, -0.15) is 0 Å². The van der Waals surface area contributed by atoms with E-state index in [0.29, 0.717) is 23.8 Å². The second-order valence-electron chi connectivity index (χ2n) is 8.36. The lowest BCUT2D eigenvalue weighted by molar-refractivity contribution is 0.0695. The molecule has 0 atom stereocenters. The summed E-state index contributed by atoms with van der Waals surface area (Å²) in [6.07, 6.45) is 7.26. The number of para-hydroxylation sites is 2. The molecule has 32 heavy (non-hydrogen) atoms. The molecular weight excluding hydrogens is 406 g/mol. The zero-order valence-corrected chi connectivity index (χ0v) is 18.1. The van der Waals surface area contributed by atoms with Gasteiger partial charge in [-0.3, -0.25) is 14.3 Å². The van der Waals surface area contributed by atoms with Gasteiger partial charge in [0.2, 0.25) is 5.43 Å². The summed E-state index contributed by atoms with van der Waals surface area (Å²) < 4.78 is 1.20. The van der Waals surface area contributed by atoms with Gasteiger partial charge in [-0.1, -0.05) is 49.6 Å². The Balaban J connectivity index is 1.64. The van der Waals surface area contributed by atoms with Crippen LogP contribution in [0.1, 0.15) is 48.0 Å². The van der Waals surface area contributed by atoms with Gasteiger partial charge in [-0.05, 0) is 43.7 Å². The minimum absolute atomic E-state index is 0.188. The maximum Gasteiger partial charge on any atom is 0.341 e. The number of carboxylic acid groups (broad SMARTS) is 1. The number of fused-ring (bicyclic) bond motifs is 1. The molecule has 0 saturated heterocycles. The number of hydrogen-bond donors (Lipinski definition) is 2. The highest BCUT2D eigenvalue weighted by atomic mass is 16.4. The van der Waals surface area contributed by atoms with Crippen molar-refractivity contribution in [3.8, 4) is 0 Å². The zero-order valence-electron chi connectivity index (χ0n) is 18.1. The van der Waals surface area contributed by atoms with Crippen molar-refractivity contribution in [1.29, 1.82) is 0 Å². The molecule has 1 fully saturated rings. The maximum absolute atomic E-state index is 13.2. The Kier molecular flexibility index (Phi) is 6.37.